The van der Waals surface area contributed by atoms with Gasteiger partial charge in [-0.05, 0) is 18.9 Å². The van der Waals surface area contributed by atoms with E-state index in [4.69, 9.17) is 5.73 Å². The number of thiophene rings is 1. The fourth-order valence-corrected chi connectivity index (χ4v) is 2.35. The van der Waals surface area contributed by atoms with Gasteiger partial charge in [0.25, 0.3) is 0 Å². The molecule has 0 saturated heterocycles. The molecule has 3 nitrogen and oxygen atoms in total. The molecule has 0 unspecified atom stereocenters. The van der Waals surface area contributed by atoms with Crippen molar-refractivity contribution in [1.82, 2.24) is 0 Å². The number of hydrogen-bond acceptors (Lipinski definition) is 4. The van der Waals surface area contributed by atoms with Crippen LogP contribution in [-0.4, -0.2) is 11.8 Å². The Morgan fingerprint density at radius 3 is 3.00 bits per heavy atom. The van der Waals surface area contributed by atoms with Gasteiger partial charge in [-0.25, -0.2) is 0 Å². The maximum atomic E-state index is 11.5. The number of rotatable bonds is 4. The van der Waals surface area contributed by atoms with Crippen molar-refractivity contribution in [2.24, 2.45) is 0 Å². The number of nitrogen functional groups attached to an aromatic ring is 1. The zero-order valence-corrected chi connectivity index (χ0v) is 8.99. The van der Waals surface area contributed by atoms with E-state index in [2.05, 4.69) is 5.32 Å². The number of carbonyl (C=O) groups is 1. The van der Waals surface area contributed by atoms with Gasteiger partial charge >= 0.3 is 0 Å². The first kappa shape index (κ1) is 9.52. The van der Waals surface area contributed by atoms with Crippen LogP contribution in [0.5, 0.6) is 0 Å². The second kappa shape index (κ2) is 3.61. The number of nitrogens with one attached hydrogen (secondary N) is 1. The Hall–Kier alpha value is -1.03. The molecular formula is C10H14N2OS. The van der Waals surface area contributed by atoms with E-state index < -0.39 is 0 Å². The van der Waals surface area contributed by atoms with Crippen molar-refractivity contribution in [1.29, 1.82) is 0 Å². The quantitative estimate of drug-likeness (QED) is 0.751. The summed E-state index contributed by atoms with van der Waals surface area (Å²) in [7, 11) is 0. The SMILES string of the molecule is CCC(=O)c1sc(NC2CC2)cc1N. The lowest BCUT2D eigenvalue weighted by Gasteiger charge is -1.97. The predicted molar refractivity (Wildman–Crippen MR) is 60.0 cm³/mol. The molecule has 0 aliphatic heterocycles. The van der Waals surface area contributed by atoms with Crippen molar-refractivity contribution >= 4 is 27.8 Å². The van der Waals surface area contributed by atoms with Gasteiger partial charge in [-0.1, -0.05) is 6.92 Å². The molecule has 1 aliphatic rings. The van der Waals surface area contributed by atoms with E-state index in [1.807, 2.05) is 13.0 Å². The standard InChI is InChI=1S/C10H14N2OS/c1-2-8(13)10-7(11)5-9(14-10)12-6-3-4-6/h5-6,12H,2-4,11H2,1H3. The van der Waals surface area contributed by atoms with Crippen molar-refractivity contribution in [2.45, 2.75) is 32.2 Å². The van der Waals surface area contributed by atoms with Gasteiger partial charge in [0, 0.05) is 12.5 Å². The van der Waals surface area contributed by atoms with Crippen LogP contribution in [0.4, 0.5) is 10.7 Å². The molecule has 2 rings (SSSR count). The summed E-state index contributed by atoms with van der Waals surface area (Å²) in [6.07, 6.45) is 2.98. The van der Waals surface area contributed by atoms with Crippen LogP contribution in [0.3, 0.4) is 0 Å². The van der Waals surface area contributed by atoms with Crippen LogP contribution in [0.25, 0.3) is 0 Å². The van der Waals surface area contributed by atoms with Gasteiger partial charge in [-0.2, -0.15) is 0 Å². The summed E-state index contributed by atoms with van der Waals surface area (Å²) in [5.41, 5.74) is 6.38. The van der Waals surface area contributed by atoms with Gasteiger partial charge in [0.15, 0.2) is 5.78 Å². The number of ketones is 1. The highest BCUT2D eigenvalue weighted by Gasteiger charge is 2.22. The smallest absolute Gasteiger partial charge is 0.174 e. The second-order valence-electron chi connectivity index (χ2n) is 3.59. The minimum Gasteiger partial charge on any atom is -0.397 e. The maximum Gasteiger partial charge on any atom is 0.174 e. The van der Waals surface area contributed by atoms with Crippen molar-refractivity contribution in [2.75, 3.05) is 11.1 Å². The fraction of sp³-hybridized carbons (Fsp3) is 0.500. The number of carbonyl (C=O) groups excluding carboxylic acids is 1. The van der Waals surface area contributed by atoms with E-state index in [0.717, 1.165) is 5.00 Å². The molecule has 76 valence electrons. The molecule has 1 aromatic heterocycles. The third-order valence-corrected chi connectivity index (χ3v) is 3.38. The number of Topliss-reactive ketones (excluding diaryl/α,β-unsaturated/α-hetero) is 1. The van der Waals surface area contributed by atoms with Crippen LogP contribution in [-0.2, 0) is 0 Å². The van der Waals surface area contributed by atoms with Crippen LogP contribution in [0.1, 0.15) is 35.9 Å². The molecular weight excluding hydrogens is 196 g/mol. The number of hydrogen-bond donors (Lipinski definition) is 2. The lowest BCUT2D eigenvalue weighted by atomic mass is 10.2. The number of nitrogens with two attached hydrogens (primary N) is 1. The van der Waals surface area contributed by atoms with E-state index in [1.54, 1.807) is 0 Å². The topological polar surface area (TPSA) is 55.1 Å². The van der Waals surface area contributed by atoms with Gasteiger partial charge < -0.3 is 11.1 Å². The molecule has 1 saturated carbocycles. The van der Waals surface area contributed by atoms with E-state index in [-0.39, 0.29) is 5.78 Å². The van der Waals surface area contributed by atoms with E-state index in [0.29, 0.717) is 23.0 Å². The molecule has 0 amide bonds. The van der Waals surface area contributed by atoms with E-state index in [9.17, 15) is 4.79 Å². The van der Waals surface area contributed by atoms with Crippen LogP contribution in [0.2, 0.25) is 0 Å². The Morgan fingerprint density at radius 1 is 1.71 bits per heavy atom. The fourth-order valence-electron chi connectivity index (χ4n) is 1.28. The van der Waals surface area contributed by atoms with E-state index >= 15 is 0 Å². The largest absolute Gasteiger partial charge is 0.397 e. The monoisotopic (exact) mass is 210 g/mol. The lowest BCUT2D eigenvalue weighted by Crippen LogP contribution is -1.97. The summed E-state index contributed by atoms with van der Waals surface area (Å²) in [6.45, 7) is 1.86. The Kier molecular flexibility index (Phi) is 2.46. The summed E-state index contributed by atoms with van der Waals surface area (Å²) in [4.78, 5) is 12.2. The van der Waals surface area contributed by atoms with Crippen LogP contribution < -0.4 is 11.1 Å². The Morgan fingerprint density at radius 2 is 2.43 bits per heavy atom. The molecule has 14 heavy (non-hydrogen) atoms. The van der Waals surface area contributed by atoms with Gasteiger partial charge in [-0.3, -0.25) is 4.79 Å². The van der Waals surface area contributed by atoms with Crippen molar-refractivity contribution < 1.29 is 4.79 Å². The van der Waals surface area contributed by atoms with Gasteiger partial charge in [0.1, 0.15) is 0 Å². The second-order valence-corrected chi connectivity index (χ2v) is 4.64. The van der Waals surface area contributed by atoms with Crippen LogP contribution in [0, 0.1) is 0 Å². The zero-order valence-electron chi connectivity index (χ0n) is 8.17. The molecule has 0 aromatic carbocycles. The highest BCUT2D eigenvalue weighted by Crippen LogP contribution is 2.34. The minimum atomic E-state index is 0.136. The summed E-state index contributed by atoms with van der Waals surface area (Å²) in [6, 6.07) is 2.48. The molecule has 0 atom stereocenters. The third-order valence-electron chi connectivity index (χ3n) is 2.26. The minimum absolute atomic E-state index is 0.136. The van der Waals surface area contributed by atoms with Gasteiger partial charge in [-0.15, -0.1) is 11.3 Å². The zero-order chi connectivity index (χ0) is 10.1. The third kappa shape index (κ3) is 1.90. The van der Waals surface area contributed by atoms with Gasteiger partial charge in [0.2, 0.25) is 0 Å². The Balaban J connectivity index is 2.15. The van der Waals surface area contributed by atoms with Crippen LogP contribution in [0.15, 0.2) is 6.07 Å². The molecule has 1 aliphatic carbocycles. The number of anilines is 2. The lowest BCUT2D eigenvalue weighted by molar-refractivity contribution is 0.0993. The molecule has 1 heterocycles. The summed E-state index contributed by atoms with van der Waals surface area (Å²) < 4.78 is 0. The van der Waals surface area contributed by atoms with E-state index in [1.165, 1.54) is 24.2 Å². The first-order chi connectivity index (χ1) is 6.70. The molecule has 1 aromatic rings. The molecule has 0 bridgehead atoms. The molecule has 0 spiro atoms. The average molecular weight is 210 g/mol. The summed E-state index contributed by atoms with van der Waals surface area (Å²) in [5.74, 6) is 0.136. The predicted octanol–water partition coefficient (Wildman–Crippen LogP) is 2.50. The summed E-state index contributed by atoms with van der Waals surface area (Å²) >= 11 is 1.47. The van der Waals surface area contributed by atoms with Crippen molar-refractivity contribution in [3.8, 4) is 0 Å². The Labute approximate surface area is 87.3 Å². The normalized spacial score (nSPS) is 15.5. The van der Waals surface area contributed by atoms with Crippen molar-refractivity contribution in [3.63, 3.8) is 0 Å². The van der Waals surface area contributed by atoms with Crippen LogP contribution >= 0.6 is 11.3 Å². The molecule has 1 fully saturated rings. The van der Waals surface area contributed by atoms with Crippen molar-refractivity contribution in [3.05, 3.63) is 10.9 Å². The average Bonchev–Trinajstić information content (AvgIpc) is 2.89. The molecule has 0 radical (unpaired) electrons. The molecule has 3 N–H and O–H groups in total. The highest BCUT2D eigenvalue weighted by atomic mass is 32.1. The summed E-state index contributed by atoms with van der Waals surface area (Å²) in [5, 5.41) is 4.37. The maximum absolute atomic E-state index is 11.5. The Bertz CT molecular complexity index is 355. The first-order valence-corrected chi connectivity index (χ1v) is 5.71. The van der Waals surface area contributed by atoms with Gasteiger partial charge in [0.05, 0.1) is 15.6 Å². The molecule has 4 heteroatoms. The highest BCUT2D eigenvalue weighted by molar-refractivity contribution is 7.18. The first-order valence-electron chi connectivity index (χ1n) is 4.89.